The van der Waals surface area contributed by atoms with Crippen molar-refractivity contribution in [1.29, 1.82) is 0 Å². The number of hydrogen-bond donors (Lipinski definition) is 1. The van der Waals surface area contributed by atoms with Crippen molar-refractivity contribution in [3.63, 3.8) is 0 Å². The second-order valence-corrected chi connectivity index (χ2v) is 9.28. The second-order valence-electron chi connectivity index (χ2n) is 9.28. The maximum atomic E-state index is 14.3. The van der Waals surface area contributed by atoms with Crippen molar-refractivity contribution in [3.05, 3.63) is 59.3 Å². The number of amides is 1. The van der Waals surface area contributed by atoms with E-state index in [9.17, 15) is 9.18 Å². The van der Waals surface area contributed by atoms with Crippen LogP contribution in [-0.4, -0.2) is 46.0 Å². The van der Waals surface area contributed by atoms with E-state index in [0.29, 0.717) is 17.5 Å². The molecule has 1 aliphatic heterocycles. The lowest BCUT2D eigenvalue weighted by Crippen LogP contribution is -2.56. The van der Waals surface area contributed by atoms with Crippen LogP contribution in [0.15, 0.2) is 36.7 Å². The first-order valence-electron chi connectivity index (χ1n) is 11.2. The van der Waals surface area contributed by atoms with Gasteiger partial charge in [-0.25, -0.2) is 4.39 Å². The van der Waals surface area contributed by atoms with Gasteiger partial charge in [0, 0.05) is 43.0 Å². The molecule has 3 aromatic rings. The summed E-state index contributed by atoms with van der Waals surface area (Å²) in [6.45, 7) is 8.63. The minimum atomic E-state index is -0.394. The van der Waals surface area contributed by atoms with Gasteiger partial charge in [-0.05, 0) is 75.3 Å². The molecule has 5 rings (SSSR count). The standard InChI is InChI=1S/C25H29FN4O/c1-4-29(16(2)3)24(31)19-11-17(26)5-6-21(19)30-22-7-9-25(14-28-15-25)12-20(22)18-8-10-27-13-23(18)30/h5-6,8,10-11,13,16,28H,4,7,9,12,14-15H2,1-3H3. The van der Waals surface area contributed by atoms with Crippen molar-refractivity contribution in [2.45, 2.75) is 46.1 Å². The van der Waals surface area contributed by atoms with Crippen molar-refractivity contribution in [1.82, 2.24) is 19.8 Å². The number of pyridine rings is 1. The van der Waals surface area contributed by atoms with Gasteiger partial charge in [0.15, 0.2) is 0 Å². The highest BCUT2D eigenvalue weighted by Crippen LogP contribution is 2.43. The molecule has 162 valence electrons. The van der Waals surface area contributed by atoms with E-state index in [1.54, 1.807) is 11.0 Å². The molecule has 0 saturated carbocycles. The van der Waals surface area contributed by atoms with Crippen molar-refractivity contribution >= 4 is 16.8 Å². The summed E-state index contributed by atoms with van der Waals surface area (Å²) < 4.78 is 16.5. The third-order valence-electron chi connectivity index (χ3n) is 7.08. The van der Waals surface area contributed by atoms with E-state index in [1.165, 1.54) is 28.8 Å². The largest absolute Gasteiger partial charge is 0.336 e. The maximum absolute atomic E-state index is 14.3. The van der Waals surface area contributed by atoms with Crippen molar-refractivity contribution in [2.24, 2.45) is 5.41 Å². The van der Waals surface area contributed by atoms with Crippen LogP contribution in [0.1, 0.15) is 48.8 Å². The van der Waals surface area contributed by atoms with Crippen LogP contribution in [0.3, 0.4) is 0 Å². The van der Waals surface area contributed by atoms with Gasteiger partial charge in [0.25, 0.3) is 5.91 Å². The molecule has 1 N–H and O–H groups in total. The predicted molar refractivity (Wildman–Crippen MR) is 120 cm³/mol. The number of rotatable bonds is 4. The van der Waals surface area contributed by atoms with Crippen LogP contribution >= 0.6 is 0 Å². The molecule has 1 fully saturated rings. The normalized spacial score (nSPS) is 17.1. The van der Waals surface area contributed by atoms with E-state index in [4.69, 9.17) is 0 Å². The van der Waals surface area contributed by atoms with Crippen LogP contribution < -0.4 is 5.32 Å². The van der Waals surface area contributed by atoms with Gasteiger partial charge in [-0.15, -0.1) is 0 Å². The molecule has 6 heteroatoms. The molecule has 3 heterocycles. The van der Waals surface area contributed by atoms with Crippen LogP contribution in [0.4, 0.5) is 4.39 Å². The van der Waals surface area contributed by atoms with Crippen LogP contribution in [0, 0.1) is 11.2 Å². The second kappa shape index (κ2) is 7.45. The fourth-order valence-electron chi connectivity index (χ4n) is 5.39. The monoisotopic (exact) mass is 420 g/mol. The molecule has 2 aliphatic rings. The molecular weight excluding hydrogens is 391 g/mol. The summed E-state index contributed by atoms with van der Waals surface area (Å²) in [5, 5.41) is 4.63. The number of aromatic nitrogens is 2. The van der Waals surface area contributed by atoms with Crippen molar-refractivity contribution < 1.29 is 9.18 Å². The Morgan fingerprint density at radius 1 is 1.32 bits per heavy atom. The lowest BCUT2D eigenvalue weighted by Gasteiger charge is -2.45. The summed E-state index contributed by atoms with van der Waals surface area (Å²) in [4.78, 5) is 19.6. The zero-order chi connectivity index (χ0) is 21.8. The molecule has 1 spiro atoms. The number of hydrogen-bond acceptors (Lipinski definition) is 3. The molecule has 1 saturated heterocycles. The number of benzene rings is 1. The Bertz CT molecular complexity index is 1160. The summed E-state index contributed by atoms with van der Waals surface area (Å²) in [6, 6.07) is 6.70. The highest BCUT2D eigenvalue weighted by Gasteiger charge is 2.42. The first-order valence-corrected chi connectivity index (χ1v) is 11.2. The highest BCUT2D eigenvalue weighted by atomic mass is 19.1. The molecule has 1 aromatic carbocycles. The summed E-state index contributed by atoms with van der Waals surface area (Å²) in [5.74, 6) is -0.531. The van der Waals surface area contributed by atoms with Crippen LogP contribution in [0.25, 0.3) is 16.6 Å². The lowest BCUT2D eigenvalue weighted by molar-refractivity contribution is 0.0716. The quantitative estimate of drug-likeness (QED) is 0.691. The molecule has 0 radical (unpaired) electrons. The van der Waals surface area contributed by atoms with Gasteiger partial charge in [-0.2, -0.15) is 0 Å². The van der Waals surface area contributed by atoms with Gasteiger partial charge in [0.1, 0.15) is 5.82 Å². The minimum Gasteiger partial charge on any atom is -0.336 e. The van der Waals surface area contributed by atoms with Gasteiger partial charge in [-0.1, -0.05) is 0 Å². The number of fused-ring (bicyclic) bond motifs is 3. The molecule has 0 bridgehead atoms. The zero-order valence-corrected chi connectivity index (χ0v) is 18.4. The Morgan fingerprint density at radius 3 is 2.81 bits per heavy atom. The van der Waals surface area contributed by atoms with Gasteiger partial charge in [-0.3, -0.25) is 9.78 Å². The Hall–Kier alpha value is -2.73. The lowest BCUT2D eigenvalue weighted by atomic mass is 9.69. The van der Waals surface area contributed by atoms with Gasteiger partial charge in [0.2, 0.25) is 0 Å². The van der Waals surface area contributed by atoms with E-state index >= 15 is 0 Å². The number of nitrogens with one attached hydrogen (secondary N) is 1. The average Bonchev–Trinajstić information content (AvgIpc) is 3.06. The fraction of sp³-hybridized carbons (Fsp3) is 0.440. The molecule has 31 heavy (non-hydrogen) atoms. The topological polar surface area (TPSA) is 50.2 Å². The van der Waals surface area contributed by atoms with Crippen LogP contribution in [-0.2, 0) is 12.8 Å². The minimum absolute atomic E-state index is 0.0385. The molecular formula is C25H29FN4O. The van der Waals surface area contributed by atoms with E-state index < -0.39 is 5.82 Å². The zero-order valence-electron chi connectivity index (χ0n) is 18.4. The Morgan fingerprint density at radius 2 is 2.13 bits per heavy atom. The number of nitrogens with zero attached hydrogens (tertiary/aromatic N) is 3. The fourth-order valence-corrected chi connectivity index (χ4v) is 5.39. The van der Waals surface area contributed by atoms with Gasteiger partial charge >= 0.3 is 0 Å². The smallest absolute Gasteiger partial charge is 0.256 e. The summed E-state index contributed by atoms with van der Waals surface area (Å²) in [7, 11) is 0. The Balaban J connectivity index is 1.72. The van der Waals surface area contributed by atoms with Gasteiger partial charge < -0.3 is 14.8 Å². The molecule has 5 nitrogen and oxygen atoms in total. The third-order valence-corrected chi connectivity index (χ3v) is 7.08. The summed E-state index contributed by atoms with van der Waals surface area (Å²) in [5.41, 5.74) is 5.06. The number of carbonyl (C=O) groups is 1. The maximum Gasteiger partial charge on any atom is 0.256 e. The number of carbonyl (C=O) groups excluding carboxylic acids is 1. The molecule has 0 atom stereocenters. The highest BCUT2D eigenvalue weighted by molar-refractivity contribution is 5.99. The summed E-state index contributed by atoms with van der Waals surface area (Å²) in [6.07, 6.45) is 6.80. The van der Waals surface area contributed by atoms with Gasteiger partial charge in [0.05, 0.1) is 23.0 Å². The summed E-state index contributed by atoms with van der Waals surface area (Å²) >= 11 is 0. The molecule has 2 aromatic heterocycles. The van der Waals surface area contributed by atoms with E-state index in [0.717, 1.165) is 43.6 Å². The molecule has 1 amide bonds. The third kappa shape index (κ3) is 3.16. The Labute approximate surface area is 182 Å². The first kappa shape index (κ1) is 20.2. The van der Waals surface area contributed by atoms with E-state index in [1.807, 2.05) is 33.2 Å². The van der Waals surface area contributed by atoms with E-state index in [2.05, 4.69) is 20.9 Å². The van der Waals surface area contributed by atoms with Crippen LogP contribution in [0.2, 0.25) is 0 Å². The average molecular weight is 421 g/mol. The number of halogens is 1. The van der Waals surface area contributed by atoms with Crippen molar-refractivity contribution in [2.75, 3.05) is 19.6 Å². The first-order chi connectivity index (χ1) is 14.9. The molecule has 1 aliphatic carbocycles. The molecule has 0 unspecified atom stereocenters. The SMILES string of the molecule is CCN(C(=O)c1cc(F)ccc1-n1c2c(c3ccncc31)CC1(CC2)CNC1)C(C)C. The Kier molecular flexibility index (Phi) is 4.85. The van der Waals surface area contributed by atoms with Crippen LogP contribution in [0.5, 0.6) is 0 Å². The van der Waals surface area contributed by atoms with E-state index in [-0.39, 0.29) is 11.9 Å². The van der Waals surface area contributed by atoms with Crippen molar-refractivity contribution in [3.8, 4) is 5.69 Å². The predicted octanol–water partition coefficient (Wildman–Crippen LogP) is 4.11.